The van der Waals surface area contributed by atoms with Gasteiger partial charge in [0.15, 0.2) is 0 Å². The Kier molecular flexibility index (Phi) is 3.95. The van der Waals surface area contributed by atoms with Crippen LogP contribution in [0.2, 0.25) is 0 Å². The second kappa shape index (κ2) is 6.29. The summed E-state index contributed by atoms with van der Waals surface area (Å²) >= 11 is 0. The largest absolute Gasteiger partial charge is 0.493 e. The highest BCUT2D eigenvalue weighted by Crippen LogP contribution is 2.34. The molecule has 1 aromatic carbocycles. The fraction of sp³-hybridized carbons (Fsp3) is 0.200. The first kappa shape index (κ1) is 16.3. The van der Waals surface area contributed by atoms with E-state index in [2.05, 4.69) is 16.9 Å². The number of pyridine rings is 1. The predicted octanol–water partition coefficient (Wildman–Crippen LogP) is 3.69. The first-order valence-corrected chi connectivity index (χ1v) is 8.43. The van der Waals surface area contributed by atoms with Gasteiger partial charge in [0, 0.05) is 30.4 Å². The Labute approximate surface area is 150 Å². The van der Waals surface area contributed by atoms with Crippen LogP contribution in [0.5, 0.6) is 5.75 Å². The highest BCUT2D eigenvalue weighted by atomic mass is 19.1. The van der Waals surface area contributed by atoms with Gasteiger partial charge in [-0.3, -0.25) is 9.20 Å². The zero-order valence-corrected chi connectivity index (χ0v) is 14.4. The summed E-state index contributed by atoms with van der Waals surface area (Å²) in [5, 5.41) is 2.66. The van der Waals surface area contributed by atoms with Gasteiger partial charge >= 0.3 is 0 Å². The van der Waals surface area contributed by atoms with Crippen LogP contribution in [-0.2, 0) is 0 Å². The fourth-order valence-corrected chi connectivity index (χ4v) is 3.20. The number of hydrogen-bond acceptors (Lipinski definition) is 3. The van der Waals surface area contributed by atoms with E-state index in [4.69, 9.17) is 4.74 Å². The SMILES string of the molecule is C=C1CCCOc2cc3nc(-c4ccc(F)cc4)c(C(=O)NC)n3cc21. The van der Waals surface area contributed by atoms with Crippen molar-refractivity contribution in [1.82, 2.24) is 14.7 Å². The van der Waals surface area contributed by atoms with Crippen LogP contribution in [0.15, 0.2) is 43.1 Å². The Morgan fingerprint density at radius 3 is 2.85 bits per heavy atom. The Morgan fingerprint density at radius 1 is 1.35 bits per heavy atom. The number of carbonyl (C=O) groups is 1. The third-order valence-electron chi connectivity index (χ3n) is 4.54. The molecule has 0 saturated carbocycles. The lowest BCUT2D eigenvalue weighted by Gasteiger charge is -2.10. The number of amides is 1. The first-order chi connectivity index (χ1) is 12.6. The maximum absolute atomic E-state index is 13.3. The van der Waals surface area contributed by atoms with Crippen LogP contribution in [-0.4, -0.2) is 28.9 Å². The van der Waals surface area contributed by atoms with Crippen LogP contribution >= 0.6 is 0 Å². The molecular formula is C20H18FN3O2. The molecular weight excluding hydrogens is 333 g/mol. The molecule has 26 heavy (non-hydrogen) atoms. The summed E-state index contributed by atoms with van der Waals surface area (Å²) in [6.07, 6.45) is 3.59. The molecule has 0 aliphatic carbocycles. The van der Waals surface area contributed by atoms with Gasteiger partial charge in [-0.1, -0.05) is 6.58 Å². The number of carbonyl (C=O) groups excluding carboxylic acids is 1. The summed E-state index contributed by atoms with van der Waals surface area (Å²) in [6.45, 7) is 4.76. The molecule has 0 fully saturated rings. The van der Waals surface area contributed by atoms with E-state index < -0.39 is 0 Å². The van der Waals surface area contributed by atoms with Crippen molar-refractivity contribution in [3.63, 3.8) is 0 Å². The summed E-state index contributed by atoms with van der Waals surface area (Å²) in [6, 6.07) is 7.76. The molecule has 1 aliphatic heterocycles. The van der Waals surface area contributed by atoms with Crippen molar-refractivity contribution in [1.29, 1.82) is 0 Å². The van der Waals surface area contributed by atoms with Gasteiger partial charge in [0.2, 0.25) is 0 Å². The summed E-state index contributed by atoms with van der Waals surface area (Å²) < 4.78 is 20.9. The molecule has 0 radical (unpaired) electrons. The second-order valence-corrected chi connectivity index (χ2v) is 6.23. The van der Waals surface area contributed by atoms with Crippen molar-refractivity contribution >= 4 is 17.1 Å². The van der Waals surface area contributed by atoms with Gasteiger partial charge in [0.05, 0.1) is 6.61 Å². The third-order valence-corrected chi connectivity index (χ3v) is 4.54. The van der Waals surface area contributed by atoms with Crippen LogP contribution in [0, 0.1) is 5.82 Å². The molecule has 1 N–H and O–H groups in total. The van der Waals surface area contributed by atoms with Gasteiger partial charge in [-0.2, -0.15) is 0 Å². The van der Waals surface area contributed by atoms with Gasteiger partial charge in [0.1, 0.15) is 28.6 Å². The Hall–Kier alpha value is -3.15. The topological polar surface area (TPSA) is 55.6 Å². The summed E-state index contributed by atoms with van der Waals surface area (Å²) in [5.41, 5.74) is 4.01. The Balaban J connectivity index is 1.99. The van der Waals surface area contributed by atoms with Crippen LogP contribution < -0.4 is 10.1 Å². The minimum atomic E-state index is -0.338. The molecule has 0 spiro atoms. The second-order valence-electron chi connectivity index (χ2n) is 6.23. The molecule has 0 atom stereocenters. The molecule has 2 aromatic heterocycles. The number of halogens is 1. The van der Waals surface area contributed by atoms with Crippen molar-refractivity contribution < 1.29 is 13.9 Å². The van der Waals surface area contributed by atoms with Crippen LogP contribution in [0.4, 0.5) is 4.39 Å². The van der Waals surface area contributed by atoms with E-state index in [1.807, 2.05) is 12.3 Å². The number of hydrogen-bond donors (Lipinski definition) is 1. The quantitative estimate of drug-likeness (QED) is 0.766. The fourth-order valence-electron chi connectivity index (χ4n) is 3.20. The maximum atomic E-state index is 13.3. The van der Waals surface area contributed by atoms with Crippen LogP contribution in [0.3, 0.4) is 0 Å². The molecule has 0 bridgehead atoms. The molecule has 0 unspecified atom stereocenters. The van der Waals surface area contributed by atoms with E-state index in [-0.39, 0.29) is 11.7 Å². The van der Waals surface area contributed by atoms with Crippen molar-refractivity contribution in [3.05, 3.63) is 60.2 Å². The Bertz CT molecular complexity index is 1020. The van der Waals surface area contributed by atoms with Gasteiger partial charge in [0.25, 0.3) is 5.91 Å². The first-order valence-electron chi connectivity index (χ1n) is 8.43. The number of allylic oxidation sites excluding steroid dienone is 1. The molecule has 0 saturated heterocycles. The van der Waals surface area contributed by atoms with E-state index in [1.54, 1.807) is 23.6 Å². The number of benzene rings is 1. The average Bonchev–Trinajstić information content (AvgIpc) is 2.92. The molecule has 3 aromatic rings. The molecule has 132 valence electrons. The number of fused-ring (bicyclic) bond motifs is 2. The van der Waals surface area contributed by atoms with Gasteiger partial charge in [-0.15, -0.1) is 0 Å². The zero-order chi connectivity index (χ0) is 18.3. The lowest BCUT2D eigenvalue weighted by molar-refractivity contribution is 0.0958. The number of ether oxygens (including phenoxy) is 1. The molecule has 1 aliphatic rings. The number of imidazole rings is 1. The number of aromatic nitrogens is 2. The minimum Gasteiger partial charge on any atom is -0.493 e. The normalized spacial score (nSPS) is 13.8. The smallest absolute Gasteiger partial charge is 0.270 e. The molecule has 6 heteroatoms. The zero-order valence-electron chi connectivity index (χ0n) is 14.4. The van der Waals surface area contributed by atoms with Crippen molar-refractivity contribution in [3.8, 4) is 17.0 Å². The van der Waals surface area contributed by atoms with Gasteiger partial charge in [-0.25, -0.2) is 9.37 Å². The van der Waals surface area contributed by atoms with Crippen LogP contribution in [0.1, 0.15) is 28.9 Å². The minimum absolute atomic E-state index is 0.267. The molecule has 3 heterocycles. The van der Waals surface area contributed by atoms with E-state index in [1.165, 1.54) is 12.1 Å². The lowest BCUT2D eigenvalue weighted by atomic mass is 10.1. The number of rotatable bonds is 2. The Morgan fingerprint density at radius 2 is 2.12 bits per heavy atom. The van der Waals surface area contributed by atoms with Crippen molar-refractivity contribution in [2.24, 2.45) is 0 Å². The van der Waals surface area contributed by atoms with Gasteiger partial charge in [-0.05, 0) is 42.7 Å². The summed E-state index contributed by atoms with van der Waals surface area (Å²) in [4.78, 5) is 17.2. The molecule has 1 amide bonds. The monoisotopic (exact) mass is 351 g/mol. The van der Waals surface area contributed by atoms with E-state index in [0.29, 0.717) is 29.2 Å². The molecule has 4 rings (SSSR count). The summed E-state index contributed by atoms with van der Waals surface area (Å²) in [7, 11) is 1.57. The lowest BCUT2D eigenvalue weighted by Crippen LogP contribution is -2.20. The van der Waals surface area contributed by atoms with Crippen molar-refractivity contribution in [2.75, 3.05) is 13.7 Å². The highest BCUT2D eigenvalue weighted by molar-refractivity contribution is 5.99. The standard InChI is InChI=1S/C20H18FN3O2/c1-12-4-3-9-26-16-10-17-23-18(13-5-7-14(21)8-6-13)19(20(25)22-2)24(17)11-15(12)16/h5-8,10-11H,1,3-4,9H2,2H3,(H,22,25). The van der Waals surface area contributed by atoms with E-state index in [0.717, 1.165) is 29.7 Å². The molecule has 5 nitrogen and oxygen atoms in total. The third kappa shape index (κ3) is 2.63. The van der Waals surface area contributed by atoms with E-state index >= 15 is 0 Å². The van der Waals surface area contributed by atoms with Crippen LogP contribution in [0.25, 0.3) is 22.5 Å². The number of nitrogens with one attached hydrogen (secondary N) is 1. The van der Waals surface area contributed by atoms with Crippen molar-refractivity contribution in [2.45, 2.75) is 12.8 Å². The predicted molar refractivity (Wildman–Crippen MR) is 97.7 cm³/mol. The maximum Gasteiger partial charge on any atom is 0.270 e. The highest BCUT2D eigenvalue weighted by Gasteiger charge is 2.23. The summed E-state index contributed by atoms with van der Waals surface area (Å²) in [5.74, 6) is 0.117. The van der Waals surface area contributed by atoms with E-state index in [9.17, 15) is 9.18 Å². The van der Waals surface area contributed by atoms with Gasteiger partial charge < -0.3 is 10.1 Å². The number of nitrogens with zero attached hydrogens (tertiary/aromatic N) is 2. The average molecular weight is 351 g/mol.